The molecule has 0 aliphatic carbocycles. The summed E-state index contributed by atoms with van der Waals surface area (Å²) in [7, 11) is 0. The Morgan fingerprint density at radius 1 is 0.595 bits per heavy atom. The number of benzene rings is 4. The molecule has 0 aliphatic heterocycles. The van der Waals surface area contributed by atoms with Crippen molar-refractivity contribution in [2.75, 3.05) is 6.54 Å². The SMILES string of the molecule is NCC(N)(CCc1ccc(Oc2ccc(Cl)c(C(F)(F)F)c2)cc1)c1ccc(Oc2ccc(Cl)c(C(F)(F)F)c2)cc1. The fourth-order valence-corrected chi connectivity index (χ4v) is 4.60. The molecule has 4 rings (SSSR count). The minimum absolute atomic E-state index is 0.00661. The third-order valence-electron chi connectivity index (χ3n) is 6.53. The Kier molecular flexibility index (Phi) is 9.32. The van der Waals surface area contributed by atoms with Gasteiger partial charge in [-0.25, -0.2) is 0 Å². The molecule has 4 aromatic rings. The highest BCUT2D eigenvalue weighted by molar-refractivity contribution is 6.31. The molecule has 12 heteroatoms. The maximum Gasteiger partial charge on any atom is 0.417 e. The lowest BCUT2D eigenvalue weighted by Crippen LogP contribution is -2.44. The lowest BCUT2D eigenvalue weighted by atomic mass is 9.85. The summed E-state index contributed by atoms with van der Waals surface area (Å²) in [5, 5.41) is -0.845. The van der Waals surface area contributed by atoms with Crippen LogP contribution in [0.4, 0.5) is 26.3 Å². The number of halogens is 8. The maximum atomic E-state index is 13.1. The minimum atomic E-state index is -4.62. The van der Waals surface area contributed by atoms with E-state index < -0.39 is 39.1 Å². The highest BCUT2D eigenvalue weighted by Crippen LogP contribution is 2.39. The molecule has 0 amide bonds. The van der Waals surface area contributed by atoms with Gasteiger partial charge in [0.15, 0.2) is 0 Å². The number of aryl methyl sites for hydroxylation is 1. The Bertz CT molecular complexity index is 1530. The largest absolute Gasteiger partial charge is 0.457 e. The van der Waals surface area contributed by atoms with Gasteiger partial charge in [-0.05, 0) is 84.6 Å². The first-order chi connectivity index (χ1) is 19.7. The van der Waals surface area contributed by atoms with Crippen LogP contribution in [0.3, 0.4) is 0 Å². The van der Waals surface area contributed by atoms with E-state index in [1.165, 1.54) is 12.1 Å². The Hall–Kier alpha value is -3.44. The van der Waals surface area contributed by atoms with Crippen LogP contribution in [-0.2, 0) is 24.3 Å². The molecule has 0 fully saturated rings. The smallest absolute Gasteiger partial charge is 0.417 e. The normalized spacial score (nSPS) is 13.5. The van der Waals surface area contributed by atoms with E-state index in [1.807, 2.05) is 0 Å². The Morgan fingerprint density at radius 2 is 1.00 bits per heavy atom. The topological polar surface area (TPSA) is 70.5 Å². The van der Waals surface area contributed by atoms with E-state index in [1.54, 1.807) is 48.5 Å². The van der Waals surface area contributed by atoms with Crippen LogP contribution in [0.1, 0.15) is 28.7 Å². The van der Waals surface area contributed by atoms with Gasteiger partial charge in [0.1, 0.15) is 23.0 Å². The maximum absolute atomic E-state index is 13.1. The summed E-state index contributed by atoms with van der Waals surface area (Å²) < 4.78 is 89.9. The van der Waals surface area contributed by atoms with Gasteiger partial charge >= 0.3 is 12.4 Å². The third-order valence-corrected chi connectivity index (χ3v) is 7.19. The van der Waals surface area contributed by atoms with E-state index in [9.17, 15) is 26.3 Å². The minimum Gasteiger partial charge on any atom is -0.457 e. The van der Waals surface area contributed by atoms with Crippen LogP contribution in [-0.4, -0.2) is 6.54 Å². The van der Waals surface area contributed by atoms with Crippen molar-refractivity contribution in [2.45, 2.75) is 30.7 Å². The molecule has 222 valence electrons. The standard InChI is InChI=1S/C30H24Cl2F6N2O2/c31-26-11-9-22(15-24(26)29(33,34)35)41-20-5-1-18(2-6-20)13-14-28(40,17-39)19-3-7-21(8-4-19)42-23-10-12-27(32)25(16-23)30(36,37)38/h1-12,15-16H,13-14,17,39-40H2. The van der Waals surface area contributed by atoms with Crippen LogP contribution in [0.5, 0.6) is 23.0 Å². The summed E-state index contributed by atoms with van der Waals surface area (Å²) in [4.78, 5) is 0. The fourth-order valence-electron chi connectivity index (χ4n) is 4.15. The molecule has 0 heterocycles. The highest BCUT2D eigenvalue weighted by atomic mass is 35.5. The molecule has 4 aromatic carbocycles. The molecular weight excluding hydrogens is 605 g/mol. The zero-order valence-electron chi connectivity index (χ0n) is 21.7. The fraction of sp³-hybridized carbons (Fsp3) is 0.200. The zero-order valence-corrected chi connectivity index (χ0v) is 23.2. The molecule has 1 unspecified atom stereocenters. The predicted molar refractivity (Wildman–Crippen MR) is 149 cm³/mol. The highest BCUT2D eigenvalue weighted by Gasteiger charge is 2.34. The molecular formula is C30H24Cl2F6N2O2. The molecule has 4 nitrogen and oxygen atoms in total. The summed E-state index contributed by atoms with van der Waals surface area (Å²) in [6.07, 6.45) is -8.26. The molecule has 0 spiro atoms. The van der Waals surface area contributed by atoms with Gasteiger partial charge in [-0.1, -0.05) is 47.5 Å². The van der Waals surface area contributed by atoms with Crippen molar-refractivity contribution in [3.05, 3.63) is 117 Å². The van der Waals surface area contributed by atoms with Crippen molar-refractivity contribution in [3.63, 3.8) is 0 Å². The van der Waals surface area contributed by atoms with E-state index in [-0.39, 0.29) is 18.0 Å². The van der Waals surface area contributed by atoms with Gasteiger partial charge in [-0.2, -0.15) is 26.3 Å². The Balaban J connectivity index is 1.39. The molecule has 0 radical (unpaired) electrons. The zero-order chi connectivity index (χ0) is 30.7. The van der Waals surface area contributed by atoms with Crippen LogP contribution in [0.15, 0.2) is 84.9 Å². The predicted octanol–water partition coefficient (Wildman–Crippen LogP) is 9.36. The molecule has 1 atom stereocenters. The van der Waals surface area contributed by atoms with Crippen molar-refractivity contribution in [1.82, 2.24) is 0 Å². The van der Waals surface area contributed by atoms with Crippen LogP contribution < -0.4 is 20.9 Å². The first-order valence-electron chi connectivity index (χ1n) is 12.5. The van der Waals surface area contributed by atoms with Gasteiger partial charge in [0.25, 0.3) is 0 Å². The van der Waals surface area contributed by atoms with Gasteiger partial charge in [-0.3, -0.25) is 0 Å². The second kappa shape index (κ2) is 12.4. The Labute approximate surface area is 247 Å². The molecule has 4 N–H and O–H groups in total. The van der Waals surface area contributed by atoms with Crippen molar-refractivity contribution in [3.8, 4) is 23.0 Å². The summed E-state index contributed by atoms with van der Waals surface area (Å²) in [6, 6.07) is 20.0. The number of hydrogen-bond acceptors (Lipinski definition) is 4. The first-order valence-corrected chi connectivity index (χ1v) is 13.2. The lowest BCUT2D eigenvalue weighted by Gasteiger charge is -2.29. The number of hydrogen-bond donors (Lipinski definition) is 2. The molecule has 0 bridgehead atoms. The number of nitrogens with two attached hydrogens (primary N) is 2. The second-order valence-corrected chi connectivity index (χ2v) is 10.3. The van der Waals surface area contributed by atoms with Gasteiger partial charge in [0, 0.05) is 6.54 Å². The van der Waals surface area contributed by atoms with Crippen molar-refractivity contribution < 1.29 is 35.8 Å². The van der Waals surface area contributed by atoms with Crippen molar-refractivity contribution in [1.29, 1.82) is 0 Å². The third kappa shape index (κ3) is 7.69. The molecule has 0 saturated carbocycles. The number of rotatable bonds is 9. The molecule has 0 saturated heterocycles. The van der Waals surface area contributed by atoms with Crippen molar-refractivity contribution >= 4 is 23.2 Å². The monoisotopic (exact) mass is 628 g/mol. The van der Waals surface area contributed by atoms with Gasteiger partial charge < -0.3 is 20.9 Å². The average molecular weight is 629 g/mol. The molecule has 42 heavy (non-hydrogen) atoms. The Morgan fingerprint density at radius 3 is 1.40 bits per heavy atom. The lowest BCUT2D eigenvalue weighted by molar-refractivity contribution is -0.138. The average Bonchev–Trinajstić information content (AvgIpc) is 2.94. The number of alkyl halides is 6. The van der Waals surface area contributed by atoms with E-state index in [2.05, 4.69) is 0 Å². The quantitative estimate of drug-likeness (QED) is 0.181. The van der Waals surface area contributed by atoms with Gasteiger partial charge in [0.2, 0.25) is 0 Å². The summed E-state index contributed by atoms with van der Waals surface area (Å²) in [5.41, 5.74) is 11.3. The summed E-state index contributed by atoms with van der Waals surface area (Å²) in [5.74, 6) is 0.604. The molecule has 0 aliphatic rings. The van der Waals surface area contributed by atoms with Crippen LogP contribution in [0.25, 0.3) is 0 Å². The van der Waals surface area contributed by atoms with E-state index in [4.69, 9.17) is 44.1 Å². The van der Waals surface area contributed by atoms with E-state index in [0.717, 1.165) is 29.8 Å². The van der Waals surface area contributed by atoms with Crippen LogP contribution >= 0.6 is 23.2 Å². The van der Waals surface area contributed by atoms with E-state index >= 15 is 0 Å². The van der Waals surface area contributed by atoms with Gasteiger partial charge in [0.05, 0.1) is 26.7 Å². The van der Waals surface area contributed by atoms with Gasteiger partial charge in [-0.15, -0.1) is 0 Å². The first kappa shape index (κ1) is 31.5. The summed E-state index contributed by atoms with van der Waals surface area (Å²) >= 11 is 11.3. The van der Waals surface area contributed by atoms with E-state index in [0.29, 0.717) is 29.9 Å². The summed E-state index contributed by atoms with van der Waals surface area (Å²) in [6.45, 7) is 0.110. The van der Waals surface area contributed by atoms with Crippen LogP contribution in [0, 0.1) is 0 Å². The van der Waals surface area contributed by atoms with Crippen molar-refractivity contribution in [2.24, 2.45) is 11.5 Å². The number of ether oxygens (including phenoxy) is 2. The second-order valence-electron chi connectivity index (χ2n) is 9.51. The molecule has 0 aromatic heterocycles. The van der Waals surface area contributed by atoms with Crippen LogP contribution in [0.2, 0.25) is 10.0 Å².